The van der Waals surface area contributed by atoms with Gasteiger partial charge in [0.15, 0.2) is 0 Å². The maximum atomic E-state index is 12.7. The molecule has 4 heteroatoms. The topological polar surface area (TPSA) is 50.4 Å². The van der Waals surface area contributed by atoms with Crippen molar-refractivity contribution in [2.75, 3.05) is 33.4 Å². The summed E-state index contributed by atoms with van der Waals surface area (Å²) < 4.78 is 5.33. The van der Waals surface area contributed by atoms with Crippen LogP contribution in [0.25, 0.3) is 0 Å². The predicted octanol–water partition coefficient (Wildman–Crippen LogP) is 2.34. The molecule has 0 saturated carbocycles. The molecule has 1 amide bonds. The molecule has 1 fully saturated rings. The summed E-state index contributed by atoms with van der Waals surface area (Å²) in [6.07, 6.45) is 5.06. The van der Waals surface area contributed by atoms with Crippen molar-refractivity contribution in [3.8, 4) is 0 Å². The second kappa shape index (κ2) is 7.99. The minimum Gasteiger partial charge on any atom is -0.384 e. The van der Waals surface area contributed by atoms with Crippen LogP contribution in [-0.2, 0) is 9.53 Å². The molecule has 0 aromatic heterocycles. The smallest absolute Gasteiger partial charge is 0.228 e. The number of ether oxygens (including phenoxy) is 1. The molecule has 2 N–H and O–H groups in total. The van der Waals surface area contributed by atoms with Crippen LogP contribution in [0.15, 0.2) is 0 Å². The maximum absolute atomic E-state index is 12.7. The van der Waals surface area contributed by atoms with E-state index < -0.39 is 0 Å². The van der Waals surface area contributed by atoms with E-state index in [0.717, 1.165) is 51.7 Å². The number of methoxy groups -OCH3 is 1. The van der Waals surface area contributed by atoms with Gasteiger partial charge >= 0.3 is 0 Å². The van der Waals surface area contributed by atoms with Gasteiger partial charge < -0.3 is 15.4 Å². The van der Waals surface area contributed by atoms with Gasteiger partial charge in [0.25, 0.3) is 0 Å². The number of amides is 1. The Morgan fingerprint density at radius 1 is 1.20 bits per heavy atom. The summed E-state index contributed by atoms with van der Waals surface area (Å²) in [6, 6.07) is 0. The summed E-state index contributed by atoms with van der Waals surface area (Å²) in [5.41, 5.74) is -0.0855. The number of rotatable bonds is 8. The predicted molar refractivity (Wildman–Crippen MR) is 82.7 cm³/mol. The summed E-state index contributed by atoms with van der Waals surface area (Å²) in [5, 5.41) is 6.55. The van der Waals surface area contributed by atoms with Crippen LogP contribution in [0.1, 0.15) is 52.9 Å². The monoisotopic (exact) mass is 284 g/mol. The summed E-state index contributed by atoms with van der Waals surface area (Å²) >= 11 is 0. The molecule has 118 valence electrons. The van der Waals surface area contributed by atoms with Crippen LogP contribution < -0.4 is 10.6 Å². The van der Waals surface area contributed by atoms with Crippen molar-refractivity contribution in [2.45, 2.75) is 52.9 Å². The van der Waals surface area contributed by atoms with Crippen molar-refractivity contribution in [1.82, 2.24) is 10.6 Å². The lowest BCUT2D eigenvalue weighted by molar-refractivity contribution is -0.136. The largest absolute Gasteiger partial charge is 0.384 e. The third kappa shape index (κ3) is 3.95. The third-order valence-corrected chi connectivity index (χ3v) is 5.34. The standard InChI is InChI=1S/C16H32N2O2/c1-5-15(6-2,7-3)12-18-14(19)16(13-20-4)8-10-17-11-9-16/h17H,5-13H2,1-4H3,(H,18,19). The summed E-state index contributed by atoms with van der Waals surface area (Å²) in [7, 11) is 1.69. The molecule has 0 aromatic carbocycles. The van der Waals surface area contributed by atoms with Gasteiger partial charge in [0.05, 0.1) is 12.0 Å². The molecule has 0 spiro atoms. The Labute approximate surface area is 124 Å². The van der Waals surface area contributed by atoms with Crippen molar-refractivity contribution < 1.29 is 9.53 Å². The molecule has 0 aliphatic carbocycles. The minimum absolute atomic E-state index is 0.181. The first-order valence-corrected chi connectivity index (χ1v) is 8.06. The van der Waals surface area contributed by atoms with E-state index in [0.29, 0.717) is 6.61 Å². The van der Waals surface area contributed by atoms with E-state index >= 15 is 0 Å². The molecule has 1 saturated heterocycles. The summed E-state index contributed by atoms with van der Waals surface area (Å²) in [6.45, 7) is 9.76. The van der Waals surface area contributed by atoms with Gasteiger partial charge in [-0.2, -0.15) is 0 Å². The first-order valence-electron chi connectivity index (χ1n) is 8.06. The third-order valence-electron chi connectivity index (χ3n) is 5.34. The van der Waals surface area contributed by atoms with Crippen molar-refractivity contribution in [3.05, 3.63) is 0 Å². The molecule has 1 heterocycles. The Kier molecular flexibility index (Phi) is 6.96. The number of piperidine rings is 1. The number of carbonyl (C=O) groups is 1. The minimum atomic E-state index is -0.332. The number of hydrogen-bond donors (Lipinski definition) is 2. The molecule has 1 aliphatic heterocycles. The average Bonchev–Trinajstić information content (AvgIpc) is 2.50. The highest BCUT2D eigenvalue weighted by Gasteiger charge is 2.40. The van der Waals surface area contributed by atoms with Gasteiger partial charge in [0, 0.05) is 13.7 Å². The van der Waals surface area contributed by atoms with E-state index in [-0.39, 0.29) is 16.7 Å². The van der Waals surface area contributed by atoms with Crippen LogP contribution in [0.5, 0.6) is 0 Å². The fourth-order valence-corrected chi connectivity index (χ4v) is 3.20. The number of hydrogen-bond acceptors (Lipinski definition) is 3. The van der Waals surface area contributed by atoms with Crippen molar-refractivity contribution in [2.24, 2.45) is 10.8 Å². The van der Waals surface area contributed by atoms with Gasteiger partial charge in [0.2, 0.25) is 5.91 Å². The van der Waals surface area contributed by atoms with Crippen molar-refractivity contribution >= 4 is 5.91 Å². The maximum Gasteiger partial charge on any atom is 0.228 e. The Bertz CT molecular complexity index is 281. The molecule has 1 aliphatic rings. The Balaban J connectivity index is 2.67. The molecule has 20 heavy (non-hydrogen) atoms. The van der Waals surface area contributed by atoms with E-state index in [9.17, 15) is 4.79 Å². The SMILES string of the molecule is CCC(CC)(CC)CNC(=O)C1(COC)CCNCC1. The zero-order valence-electron chi connectivity index (χ0n) is 13.7. The summed E-state index contributed by atoms with van der Waals surface area (Å²) in [4.78, 5) is 12.7. The molecule has 0 aromatic rings. The molecule has 0 bridgehead atoms. The first kappa shape index (κ1) is 17.4. The highest BCUT2D eigenvalue weighted by atomic mass is 16.5. The van der Waals surface area contributed by atoms with Crippen molar-refractivity contribution in [3.63, 3.8) is 0 Å². The Morgan fingerprint density at radius 3 is 2.20 bits per heavy atom. The van der Waals surface area contributed by atoms with Gasteiger partial charge in [-0.1, -0.05) is 20.8 Å². The van der Waals surface area contributed by atoms with E-state index in [1.165, 1.54) is 0 Å². The fourth-order valence-electron chi connectivity index (χ4n) is 3.20. The zero-order valence-corrected chi connectivity index (χ0v) is 13.7. The Hall–Kier alpha value is -0.610. The van der Waals surface area contributed by atoms with Gasteiger partial charge in [0.1, 0.15) is 0 Å². The molecule has 4 nitrogen and oxygen atoms in total. The number of carbonyl (C=O) groups excluding carboxylic acids is 1. The van der Waals surface area contributed by atoms with E-state index in [1.54, 1.807) is 7.11 Å². The number of nitrogens with one attached hydrogen (secondary N) is 2. The second-order valence-corrected chi connectivity index (χ2v) is 6.21. The van der Waals surface area contributed by atoms with Gasteiger partial charge in [-0.25, -0.2) is 0 Å². The highest BCUT2D eigenvalue weighted by Crippen LogP contribution is 2.32. The zero-order chi connectivity index (χ0) is 15.1. The molecule has 0 atom stereocenters. The van der Waals surface area contributed by atoms with Gasteiger partial charge in [-0.3, -0.25) is 4.79 Å². The van der Waals surface area contributed by atoms with Crippen LogP contribution in [0, 0.1) is 10.8 Å². The first-order chi connectivity index (χ1) is 9.58. The lowest BCUT2D eigenvalue weighted by Gasteiger charge is -2.37. The molecule has 0 unspecified atom stereocenters. The van der Waals surface area contributed by atoms with Crippen molar-refractivity contribution in [1.29, 1.82) is 0 Å². The van der Waals surface area contributed by atoms with Crippen LogP contribution >= 0.6 is 0 Å². The lowest BCUT2D eigenvalue weighted by atomic mass is 9.77. The normalized spacial score (nSPS) is 18.8. The van der Waals surface area contributed by atoms with E-state index in [1.807, 2.05) is 0 Å². The van der Waals surface area contributed by atoms with Gasteiger partial charge in [-0.05, 0) is 50.6 Å². The lowest BCUT2D eigenvalue weighted by Crippen LogP contribution is -2.52. The van der Waals surface area contributed by atoms with Crippen LogP contribution in [0.3, 0.4) is 0 Å². The van der Waals surface area contributed by atoms with Crippen LogP contribution in [-0.4, -0.2) is 39.3 Å². The molecular formula is C16H32N2O2. The second-order valence-electron chi connectivity index (χ2n) is 6.21. The molecule has 1 rings (SSSR count). The van der Waals surface area contributed by atoms with Crippen LogP contribution in [0.2, 0.25) is 0 Å². The molecular weight excluding hydrogens is 252 g/mol. The van der Waals surface area contributed by atoms with Crippen LogP contribution in [0.4, 0.5) is 0 Å². The quantitative estimate of drug-likeness (QED) is 0.719. The summed E-state index contributed by atoms with van der Waals surface area (Å²) in [5.74, 6) is 0.181. The van der Waals surface area contributed by atoms with Gasteiger partial charge in [-0.15, -0.1) is 0 Å². The average molecular weight is 284 g/mol. The fraction of sp³-hybridized carbons (Fsp3) is 0.938. The Morgan fingerprint density at radius 2 is 1.75 bits per heavy atom. The highest BCUT2D eigenvalue weighted by molar-refractivity contribution is 5.83. The van der Waals surface area contributed by atoms with E-state index in [2.05, 4.69) is 31.4 Å². The van der Waals surface area contributed by atoms with E-state index in [4.69, 9.17) is 4.74 Å². The molecule has 0 radical (unpaired) electrons.